The second-order valence-corrected chi connectivity index (χ2v) is 7.20. The molecule has 0 bridgehead atoms. The number of hydrogen-bond donors (Lipinski definition) is 0. The van der Waals surface area contributed by atoms with Crippen molar-refractivity contribution in [1.29, 1.82) is 0 Å². The van der Waals surface area contributed by atoms with E-state index in [1.807, 2.05) is 0 Å². The fraction of sp³-hybridized carbons (Fsp3) is 0.684. The van der Waals surface area contributed by atoms with Gasteiger partial charge < -0.3 is 0 Å². The van der Waals surface area contributed by atoms with Crippen LogP contribution in [0.5, 0.6) is 0 Å². The topological polar surface area (TPSA) is 0 Å². The molecule has 108 valence electrons. The van der Waals surface area contributed by atoms with E-state index in [-0.39, 0.29) is 0 Å². The van der Waals surface area contributed by atoms with Crippen molar-refractivity contribution in [2.24, 2.45) is 23.7 Å². The van der Waals surface area contributed by atoms with Gasteiger partial charge >= 0.3 is 0 Å². The smallest absolute Gasteiger partial charge is 0.0110 e. The van der Waals surface area contributed by atoms with Crippen molar-refractivity contribution >= 4 is 0 Å². The molecule has 0 heterocycles. The summed E-state index contributed by atoms with van der Waals surface area (Å²) in [5, 5.41) is 0. The van der Waals surface area contributed by atoms with E-state index in [0.29, 0.717) is 11.8 Å². The highest BCUT2D eigenvalue weighted by Crippen LogP contribution is 2.39. The Bertz CT molecular complexity index is 324. The summed E-state index contributed by atoms with van der Waals surface area (Å²) >= 11 is 0. The largest absolute Gasteiger partial charge is 0.0628 e. The maximum atomic E-state index is 2.38. The lowest BCUT2D eigenvalue weighted by Gasteiger charge is -2.33. The molecule has 0 heteroatoms. The van der Waals surface area contributed by atoms with E-state index < -0.39 is 0 Å². The van der Waals surface area contributed by atoms with Crippen LogP contribution in [0.2, 0.25) is 0 Å². The first-order chi connectivity index (χ1) is 8.91. The zero-order valence-corrected chi connectivity index (χ0v) is 13.7. The number of benzene rings is 1. The van der Waals surface area contributed by atoms with E-state index in [2.05, 4.69) is 71.9 Å². The summed E-state index contributed by atoms with van der Waals surface area (Å²) in [5.74, 6) is 3.79. The fourth-order valence-corrected chi connectivity index (χ4v) is 3.48. The Morgan fingerprint density at radius 2 is 1.21 bits per heavy atom. The van der Waals surface area contributed by atoms with Crippen LogP contribution in [0.25, 0.3) is 0 Å². The lowest BCUT2D eigenvalue weighted by Crippen LogP contribution is -2.21. The third kappa shape index (κ3) is 5.38. The van der Waals surface area contributed by atoms with Gasteiger partial charge in [0.05, 0.1) is 0 Å². The van der Waals surface area contributed by atoms with Crippen molar-refractivity contribution in [2.75, 3.05) is 0 Å². The molecular formula is C19H32. The van der Waals surface area contributed by atoms with Crippen molar-refractivity contribution in [3.05, 3.63) is 35.9 Å². The van der Waals surface area contributed by atoms with E-state index >= 15 is 0 Å². The molecule has 0 fully saturated rings. The Morgan fingerprint density at radius 3 is 1.58 bits per heavy atom. The molecule has 0 aliphatic rings. The molecule has 0 amide bonds. The molecule has 1 atom stereocenters. The van der Waals surface area contributed by atoms with Crippen LogP contribution in [0.4, 0.5) is 0 Å². The maximum Gasteiger partial charge on any atom is -0.0110 e. The summed E-state index contributed by atoms with van der Waals surface area (Å²) in [7, 11) is 0. The second-order valence-electron chi connectivity index (χ2n) is 7.20. The first kappa shape index (κ1) is 16.3. The predicted octanol–water partition coefficient (Wildman–Crippen LogP) is 6.13. The molecule has 0 saturated carbocycles. The molecule has 1 unspecified atom stereocenters. The number of hydrogen-bond acceptors (Lipinski definition) is 0. The van der Waals surface area contributed by atoms with Crippen molar-refractivity contribution in [3.63, 3.8) is 0 Å². The van der Waals surface area contributed by atoms with Crippen LogP contribution in [-0.4, -0.2) is 0 Å². The first-order valence-electron chi connectivity index (χ1n) is 7.96. The van der Waals surface area contributed by atoms with Crippen molar-refractivity contribution in [1.82, 2.24) is 0 Å². The second kappa shape index (κ2) is 7.72. The zero-order chi connectivity index (χ0) is 14.4. The van der Waals surface area contributed by atoms with Gasteiger partial charge in [-0.1, -0.05) is 71.9 Å². The highest BCUT2D eigenvalue weighted by Gasteiger charge is 2.27. The van der Waals surface area contributed by atoms with Crippen LogP contribution in [0, 0.1) is 23.7 Å². The molecule has 0 aliphatic heterocycles. The van der Waals surface area contributed by atoms with Crippen molar-refractivity contribution in [2.45, 2.75) is 60.3 Å². The molecule has 0 spiro atoms. The molecule has 0 saturated heterocycles. The van der Waals surface area contributed by atoms with Crippen LogP contribution in [0.15, 0.2) is 30.3 Å². The van der Waals surface area contributed by atoms with Gasteiger partial charge in [-0.25, -0.2) is 0 Å². The molecule has 19 heavy (non-hydrogen) atoms. The summed E-state index contributed by atoms with van der Waals surface area (Å²) in [6.07, 6.45) is 2.69. The summed E-state index contributed by atoms with van der Waals surface area (Å²) in [5.41, 5.74) is 1.53. The third-order valence-electron chi connectivity index (χ3n) is 3.96. The minimum atomic E-state index is 0.700. The predicted molar refractivity (Wildman–Crippen MR) is 86.4 cm³/mol. The van der Waals surface area contributed by atoms with Crippen LogP contribution in [0.3, 0.4) is 0 Å². The van der Waals surface area contributed by atoms with Gasteiger partial charge in [-0.2, -0.15) is 0 Å². The maximum absolute atomic E-state index is 2.38. The van der Waals surface area contributed by atoms with Crippen LogP contribution < -0.4 is 0 Å². The molecule has 1 rings (SSSR count). The highest BCUT2D eigenvalue weighted by molar-refractivity contribution is 5.21. The van der Waals surface area contributed by atoms with E-state index in [1.54, 1.807) is 0 Å². The van der Waals surface area contributed by atoms with E-state index in [4.69, 9.17) is 0 Å². The summed E-state index contributed by atoms with van der Waals surface area (Å²) in [4.78, 5) is 0. The lowest BCUT2D eigenvalue weighted by molar-refractivity contribution is 0.252. The molecule has 0 aromatic heterocycles. The standard InChI is InChI=1S/C19H32/c1-14(2)12-18(13-15(3)4)19(16(5)6)17-10-8-7-9-11-17/h7-11,14-16,18-19H,12-13H2,1-6H3. The normalized spacial score (nSPS) is 13.8. The van der Waals surface area contributed by atoms with Gasteiger partial charge in [0.15, 0.2) is 0 Å². The van der Waals surface area contributed by atoms with E-state index in [1.165, 1.54) is 18.4 Å². The minimum Gasteiger partial charge on any atom is -0.0628 e. The summed E-state index contributed by atoms with van der Waals surface area (Å²) in [6.45, 7) is 14.2. The van der Waals surface area contributed by atoms with Crippen LogP contribution >= 0.6 is 0 Å². The Balaban J connectivity index is 2.98. The Kier molecular flexibility index (Phi) is 6.62. The zero-order valence-electron chi connectivity index (χ0n) is 13.7. The minimum absolute atomic E-state index is 0.700. The van der Waals surface area contributed by atoms with Gasteiger partial charge in [0.1, 0.15) is 0 Å². The van der Waals surface area contributed by atoms with Gasteiger partial charge in [0.25, 0.3) is 0 Å². The summed E-state index contributed by atoms with van der Waals surface area (Å²) < 4.78 is 0. The fourth-order valence-electron chi connectivity index (χ4n) is 3.48. The Morgan fingerprint density at radius 1 is 0.737 bits per heavy atom. The van der Waals surface area contributed by atoms with Gasteiger partial charge in [0, 0.05) is 0 Å². The molecule has 0 radical (unpaired) electrons. The molecule has 1 aromatic rings. The van der Waals surface area contributed by atoms with Gasteiger partial charge in [0.2, 0.25) is 0 Å². The Labute approximate surface area is 120 Å². The molecule has 0 aliphatic carbocycles. The summed E-state index contributed by atoms with van der Waals surface area (Å²) in [6, 6.07) is 11.1. The third-order valence-corrected chi connectivity index (χ3v) is 3.96. The monoisotopic (exact) mass is 260 g/mol. The van der Waals surface area contributed by atoms with Gasteiger partial charge in [-0.3, -0.25) is 0 Å². The van der Waals surface area contributed by atoms with Crippen LogP contribution in [0.1, 0.15) is 65.9 Å². The van der Waals surface area contributed by atoms with Gasteiger partial charge in [-0.15, -0.1) is 0 Å². The SMILES string of the molecule is CC(C)CC(CC(C)C)C(c1ccccc1)C(C)C. The first-order valence-corrected chi connectivity index (χ1v) is 7.96. The average Bonchev–Trinajstić information content (AvgIpc) is 2.28. The Hall–Kier alpha value is -0.780. The molecule has 0 N–H and O–H groups in total. The van der Waals surface area contributed by atoms with Gasteiger partial charge in [-0.05, 0) is 48.0 Å². The van der Waals surface area contributed by atoms with Crippen molar-refractivity contribution < 1.29 is 0 Å². The van der Waals surface area contributed by atoms with Crippen molar-refractivity contribution in [3.8, 4) is 0 Å². The molecule has 1 aromatic carbocycles. The number of rotatable bonds is 7. The molecule has 0 nitrogen and oxygen atoms in total. The lowest BCUT2D eigenvalue weighted by atomic mass is 9.72. The quantitative estimate of drug-likeness (QED) is 0.553. The molecular weight excluding hydrogens is 228 g/mol. The van der Waals surface area contributed by atoms with E-state index in [9.17, 15) is 0 Å². The van der Waals surface area contributed by atoms with E-state index in [0.717, 1.165) is 17.8 Å². The average molecular weight is 260 g/mol. The van der Waals surface area contributed by atoms with Crippen LogP contribution in [-0.2, 0) is 0 Å². The highest BCUT2D eigenvalue weighted by atomic mass is 14.3.